The molecule has 0 aliphatic rings. The van der Waals surface area contributed by atoms with E-state index in [1.807, 2.05) is 7.05 Å². The zero-order valence-electron chi connectivity index (χ0n) is 9.99. The van der Waals surface area contributed by atoms with Gasteiger partial charge in [-0.3, -0.25) is 0 Å². The van der Waals surface area contributed by atoms with E-state index in [0.717, 1.165) is 19.3 Å². The molecule has 1 nitrogen and oxygen atoms in total. The Kier molecular flexibility index (Phi) is 6.07. The Hall–Kier alpha value is -0.910. The lowest BCUT2D eigenvalue weighted by Crippen LogP contribution is -2.16. The number of unbranched alkanes of at least 4 members (excludes halogenated alkanes) is 1. The molecular weight excluding hydrogens is 214 g/mol. The Morgan fingerprint density at radius 3 is 2.81 bits per heavy atom. The van der Waals surface area contributed by atoms with Gasteiger partial charge in [-0.05, 0) is 37.8 Å². The molecule has 0 aliphatic carbocycles. The molecule has 0 saturated heterocycles. The van der Waals surface area contributed by atoms with E-state index >= 15 is 0 Å². The molecule has 1 N–H and O–H groups in total. The first-order valence-corrected chi connectivity index (χ1v) is 6.79. The maximum atomic E-state index is 5.28. The Bertz CT molecular complexity index is 354. The van der Waals surface area contributed by atoms with E-state index in [1.165, 1.54) is 10.5 Å². The third kappa shape index (κ3) is 3.59. The second-order valence-electron chi connectivity index (χ2n) is 3.68. The summed E-state index contributed by atoms with van der Waals surface area (Å²) in [5.41, 5.74) is 1.38. The van der Waals surface area contributed by atoms with Gasteiger partial charge in [0.25, 0.3) is 0 Å². The predicted octanol–water partition coefficient (Wildman–Crippen LogP) is 3.47. The van der Waals surface area contributed by atoms with E-state index in [4.69, 9.17) is 6.42 Å². The van der Waals surface area contributed by atoms with E-state index in [2.05, 4.69) is 41.8 Å². The van der Waals surface area contributed by atoms with Crippen molar-refractivity contribution >= 4 is 11.8 Å². The zero-order chi connectivity index (χ0) is 11.8. The van der Waals surface area contributed by atoms with Crippen molar-refractivity contribution in [2.75, 3.05) is 13.3 Å². The minimum atomic E-state index is 0.414. The van der Waals surface area contributed by atoms with Crippen LogP contribution in [-0.2, 0) is 0 Å². The molecule has 1 aromatic carbocycles. The highest BCUT2D eigenvalue weighted by atomic mass is 32.2. The maximum Gasteiger partial charge on any atom is 0.0328 e. The molecule has 0 bridgehead atoms. The maximum absolute atomic E-state index is 5.28. The SMILES string of the molecule is C#CCCCC(NC)c1ccccc1SC. The van der Waals surface area contributed by atoms with Gasteiger partial charge in [0, 0.05) is 17.4 Å². The van der Waals surface area contributed by atoms with Gasteiger partial charge >= 0.3 is 0 Å². The molecule has 1 atom stereocenters. The first-order valence-electron chi connectivity index (χ1n) is 5.57. The fraction of sp³-hybridized carbons (Fsp3) is 0.429. The molecule has 0 radical (unpaired) electrons. The molecule has 1 unspecified atom stereocenters. The third-order valence-electron chi connectivity index (χ3n) is 2.68. The largest absolute Gasteiger partial charge is 0.313 e. The standard InChI is InChI=1S/C14H19NS/c1-4-5-6-10-13(15-2)12-9-7-8-11-14(12)16-3/h1,7-9,11,13,15H,5-6,10H2,2-3H3. The van der Waals surface area contributed by atoms with Gasteiger partial charge in [0.1, 0.15) is 0 Å². The molecule has 16 heavy (non-hydrogen) atoms. The molecule has 0 amide bonds. The van der Waals surface area contributed by atoms with Gasteiger partial charge in [0.05, 0.1) is 0 Å². The van der Waals surface area contributed by atoms with Crippen LogP contribution in [0.25, 0.3) is 0 Å². The smallest absolute Gasteiger partial charge is 0.0328 e. The Morgan fingerprint density at radius 1 is 1.44 bits per heavy atom. The molecule has 0 aliphatic heterocycles. The Morgan fingerprint density at radius 2 is 2.19 bits per heavy atom. The van der Waals surface area contributed by atoms with Crippen molar-refractivity contribution < 1.29 is 0 Å². The number of hydrogen-bond donors (Lipinski definition) is 1. The van der Waals surface area contributed by atoms with Crippen molar-refractivity contribution in [1.29, 1.82) is 0 Å². The molecule has 1 aromatic rings. The van der Waals surface area contributed by atoms with Crippen LogP contribution >= 0.6 is 11.8 Å². The zero-order valence-corrected chi connectivity index (χ0v) is 10.8. The molecule has 0 spiro atoms. The van der Waals surface area contributed by atoms with Crippen LogP contribution in [0.4, 0.5) is 0 Å². The minimum absolute atomic E-state index is 0.414. The summed E-state index contributed by atoms with van der Waals surface area (Å²) in [7, 11) is 2.01. The quantitative estimate of drug-likeness (QED) is 0.459. The molecule has 2 heteroatoms. The summed E-state index contributed by atoms with van der Waals surface area (Å²) < 4.78 is 0. The lowest BCUT2D eigenvalue weighted by atomic mass is 10.0. The van der Waals surface area contributed by atoms with Crippen molar-refractivity contribution in [1.82, 2.24) is 5.32 Å². The van der Waals surface area contributed by atoms with E-state index in [9.17, 15) is 0 Å². The van der Waals surface area contributed by atoms with Crippen molar-refractivity contribution in [3.8, 4) is 12.3 Å². The van der Waals surface area contributed by atoms with Crippen LogP contribution < -0.4 is 5.32 Å². The van der Waals surface area contributed by atoms with Gasteiger partial charge in [-0.25, -0.2) is 0 Å². The molecular formula is C14H19NS. The highest BCUT2D eigenvalue weighted by Crippen LogP contribution is 2.28. The minimum Gasteiger partial charge on any atom is -0.313 e. The fourth-order valence-corrected chi connectivity index (χ4v) is 2.48. The lowest BCUT2D eigenvalue weighted by molar-refractivity contribution is 0.525. The van der Waals surface area contributed by atoms with Crippen molar-refractivity contribution in [3.05, 3.63) is 29.8 Å². The second-order valence-corrected chi connectivity index (χ2v) is 4.53. The highest BCUT2D eigenvalue weighted by Gasteiger charge is 2.11. The van der Waals surface area contributed by atoms with E-state index in [1.54, 1.807) is 11.8 Å². The topological polar surface area (TPSA) is 12.0 Å². The number of rotatable bonds is 6. The number of terminal acetylenes is 1. The van der Waals surface area contributed by atoms with Gasteiger partial charge in [0.2, 0.25) is 0 Å². The number of benzene rings is 1. The van der Waals surface area contributed by atoms with Gasteiger partial charge in [-0.15, -0.1) is 24.1 Å². The average molecular weight is 233 g/mol. The monoisotopic (exact) mass is 233 g/mol. The second kappa shape index (κ2) is 7.38. The fourth-order valence-electron chi connectivity index (χ4n) is 1.82. The summed E-state index contributed by atoms with van der Waals surface area (Å²) >= 11 is 1.80. The summed E-state index contributed by atoms with van der Waals surface area (Å²) in [5.74, 6) is 2.69. The number of nitrogens with one attached hydrogen (secondary N) is 1. The van der Waals surface area contributed by atoms with Crippen molar-refractivity contribution in [2.24, 2.45) is 0 Å². The number of thioether (sulfide) groups is 1. The summed E-state index contributed by atoms with van der Waals surface area (Å²) in [6, 6.07) is 8.97. The van der Waals surface area contributed by atoms with Crippen LogP contribution in [0.5, 0.6) is 0 Å². The first-order chi connectivity index (χ1) is 7.83. The van der Waals surface area contributed by atoms with Crippen molar-refractivity contribution in [3.63, 3.8) is 0 Å². The molecule has 0 fully saturated rings. The molecule has 1 rings (SSSR count). The first kappa shape index (κ1) is 13.2. The molecule has 0 heterocycles. The summed E-state index contributed by atoms with van der Waals surface area (Å²) in [4.78, 5) is 1.35. The van der Waals surface area contributed by atoms with Gasteiger partial charge in [-0.1, -0.05) is 18.2 Å². The van der Waals surface area contributed by atoms with E-state index in [0.29, 0.717) is 6.04 Å². The van der Waals surface area contributed by atoms with Crippen LogP contribution in [0.1, 0.15) is 30.9 Å². The summed E-state index contributed by atoms with van der Waals surface area (Å²) in [6.07, 6.45) is 10.4. The number of hydrogen-bond acceptors (Lipinski definition) is 2. The van der Waals surface area contributed by atoms with Crippen LogP contribution in [0, 0.1) is 12.3 Å². The van der Waals surface area contributed by atoms with Crippen LogP contribution in [-0.4, -0.2) is 13.3 Å². The third-order valence-corrected chi connectivity index (χ3v) is 3.49. The lowest BCUT2D eigenvalue weighted by Gasteiger charge is -2.18. The van der Waals surface area contributed by atoms with E-state index < -0.39 is 0 Å². The predicted molar refractivity (Wildman–Crippen MR) is 72.7 cm³/mol. The summed E-state index contributed by atoms with van der Waals surface area (Å²) in [5, 5.41) is 3.37. The molecule has 0 saturated carbocycles. The average Bonchev–Trinajstić information content (AvgIpc) is 2.35. The van der Waals surface area contributed by atoms with Gasteiger partial charge in [-0.2, -0.15) is 0 Å². The molecule has 0 aromatic heterocycles. The summed E-state index contributed by atoms with van der Waals surface area (Å²) in [6.45, 7) is 0. The Labute approximate surface area is 103 Å². The van der Waals surface area contributed by atoms with Gasteiger partial charge < -0.3 is 5.32 Å². The van der Waals surface area contributed by atoms with Crippen LogP contribution in [0.3, 0.4) is 0 Å². The molecule has 86 valence electrons. The van der Waals surface area contributed by atoms with E-state index in [-0.39, 0.29) is 0 Å². The normalized spacial score (nSPS) is 12.1. The highest BCUT2D eigenvalue weighted by molar-refractivity contribution is 7.98. The van der Waals surface area contributed by atoms with Crippen LogP contribution in [0.15, 0.2) is 29.2 Å². The van der Waals surface area contributed by atoms with Crippen LogP contribution in [0.2, 0.25) is 0 Å². The van der Waals surface area contributed by atoms with Gasteiger partial charge in [0.15, 0.2) is 0 Å². The van der Waals surface area contributed by atoms with Crippen molar-refractivity contribution in [2.45, 2.75) is 30.2 Å². The Balaban J connectivity index is 2.74.